The lowest BCUT2D eigenvalue weighted by molar-refractivity contribution is 1.19. The van der Waals surface area contributed by atoms with E-state index in [1.165, 1.54) is 86.1 Å². The number of nitrogens with zero attached hydrogens (tertiary/aromatic N) is 2. The van der Waals surface area contributed by atoms with E-state index in [4.69, 9.17) is 0 Å². The van der Waals surface area contributed by atoms with E-state index in [1.807, 2.05) is 11.3 Å². The Kier molecular flexibility index (Phi) is 4.10. The highest BCUT2D eigenvalue weighted by molar-refractivity contribution is 7.26. The smallest absolute Gasteiger partial charge is 0.0810 e. The van der Waals surface area contributed by atoms with Crippen LogP contribution in [0.15, 0.2) is 133 Å². The molecule has 0 aliphatic carbocycles. The third-order valence-electron chi connectivity index (χ3n) is 8.84. The number of rotatable bonds is 2. The van der Waals surface area contributed by atoms with Gasteiger partial charge >= 0.3 is 0 Å². The van der Waals surface area contributed by atoms with Gasteiger partial charge in [0.2, 0.25) is 0 Å². The predicted octanol–water partition coefficient (Wildman–Crippen LogP) is 10.8. The fourth-order valence-electron chi connectivity index (χ4n) is 7.22. The van der Waals surface area contributed by atoms with Crippen molar-refractivity contribution in [1.82, 2.24) is 8.97 Å². The van der Waals surface area contributed by atoms with Crippen molar-refractivity contribution in [3.05, 3.63) is 133 Å². The van der Waals surface area contributed by atoms with Gasteiger partial charge in [0, 0.05) is 36.6 Å². The molecule has 0 unspecified atom stereocenters. The molecule has 0 spiro atoms. The first kappa shape index (κ1) is 21.7. The van der Waals surface area contributed by atoms with Gasteiger partial charge in [0.15, 0.2) is 0 Å². The van der Waals surface area contributed by atoms with E-state index in [0.29, 0.717) is 0 Å². The molecule has 0 radical (unpaired) electrons. The summed E-state index contributed by atoms with van der Waals surface area (Å²) in [6.45, 7) is 0. The summed E-state index contributed by atoms with van der Waals surface area (Å²) < 4.78 is 7.71. The van der Waals surface area contributed by atoms with Crippen LogP contribution in [0.4, 0.5) is 0 Å². The van der Waals surface area contributed by atoms with Gasteiger partial charge in [-0.15, -0.1) is 11.3 Å². The molecule has 10 aromatic rings. The minimum absolute atomic E-state index is 1.18. The lowest BCUT2D eigenvalue weighted by Gasteiger charge is -2.11. The highest BCUT2D eigenvalue weighted by Crippen LogP contribution is 2.47. The lowest BCUT2D eigenvalue weighted by atomic mass is 10.0. The molecule has 0 saturated carbocycles. The third-order valence-corrected chi connectivity index (χ3v) is 9.96. The molecule has 0 aliphatic rings. The Balaban J connectivity index is 1.58. The van der Waals surface area contributed by atoms with E-state index in [2.05, 4.69) is 142 Å². The number of benzene rings is 6. The van der Waals surface area contributed by atoms with Crippen LogP contribution in [0, 0.1) is 0 Å². The van der Waals surface area contributed by atoms with Crippen molar-refractivity contribution in [2.45, 2.75) is 0 Å². The van der Waals surface area contributed by atoms with Gasteiger partial charge in [-0.1, -0.05) is 84.9 Å². The predicted molar refractivity (Wildman–Crippen MR) is 176 cm³/mol. The van der Waals surface area contributed by atoms with Gasteiger partial charge in [0.05, 0.1) is 27.6 Å². The van der Waals surface area contributed by atoms with Crippen molar-refractivity contribution in [1.29, 1.82) is 0 Å². The van der Waals surface area contributed by atoms with Gasteiger partial charge in [0.1, 0.15) is 0 Å². The molecule has 0 atom stereocenters. The summed E-state index contributed by atoms with van der Waals surface area (Å²) in [6, 6.07) is 49.1. The number of hydrogen-bond donors (Lipinski definition) is 0. The van der Waals surface area contributed by atoms with Gasteiger partial charge in [0.25, 0.3) is 0 Å². The average Bonchev–Trinajstić information content (AvgIpc) is 3.68. The zero-order valence-electron chi connectivity index (χ0n) is 22.0. The largest absolute Gasteiger partial charge is 0.307 e. The number of hydrogen-bond acceptors (Lipinski definition) is 1. The Labute approximate surface area is 239 Å². The molecule has 190 valence electrons. The van der Waals surface area contributed by atoms with Gasteiger partial charge in [-0.05, 0) is 70.4 Å². The molecule has 0 aliphatic heterocycles. The molecule has 0 fully saturated rings. The van der Waals surface area contributed by atoms with Gasteiger partial charge < -0.3 is 8.97 Å². The Morgan fingerprint density at radius 2 is 1.10 bits per heavy atom. The van der Waals surface area contributed by atoms with Crippen molar-refractivity contribution in [2.75, 3.05) is 0 Å². The molecule has 4 heterocycles. The second-order valence-corrected chi connectivity index (χ2v) is 12.0. The topological polar surface area (TPSA) is 9.34 Å². The van der Waals surface area contributed by atoms with Crippen LogP contribution in [0.1, 0.15) is 0 Å². The summed E-state index contributed by atoms with van der Waals surface area (Å²) in [5.41, 5.74) is 9.92. The van der Waals surface area contributed by atoms with Crippen LogP contribution in [-0.2, 0) is 0 Å². The molecular formula is C38H22N2S. The Hall–Kier alpha value is -5.12. The Morgan fingerprint density at radius 3 is 1.93 bits per heavy atom. The summed E-state index contributed by atoms with van der Waals surface area (Å²) in [5.74, 6) is 0. The van der Waals surface area contributed by atoms with Crippen molar-refractivity contribution < 1.29 is 0 Å². The quantitative estimate of drug-likeness (QED) is 0.207. The number of fused-ring (bicyclic) bond motifs is 5. The van der Waals surface area contributed by atoms with Crippen molar-refractivity contribution >= 4 is 80.6 Å². The lowest BCUT2D eigenvalue weighted by Crippen LogP contribution is -1.93. The Bertz CT molecular complexity index is 2620. The summed E-state index contributed by atoms with van der Waals surface area (Å²) in [5, 5.41) is 7.91. The van der Waals surface area contributed by atoms with E-state index < -0.39 is 0 Å². The standard InChI is InChI=1S/C38H22N2S/c1-3-10-23(11-4-1)24-20-21-29-28(22-24)37-38-34-26(14-7-16-30(34)39(37)25-12-5-2-6-13-25)27-15-8-18-32-35(27)36-31(40(29)38)17-9-19-33(36)41-32/h1-22H. The minimum Gasteiger partial charge on any atom is -0.307 e. The average molecular weight is 539 g/mol. The molecule has 2 nitrogen and oxygen atoms in total. The SMILES string of the molecule is c1ccc(-c2ccc3c(c2)c2c4c5c(cccc5n2-c2ccccc2)c2cccc5sc6cccc(c6c52)n34)cc1. The molecule has 0 N–H and O–H groups in total. The molecular weight excluding hydrogens is 516 g/mol. The van der Waals surface area contributed by atoms with Crippen LogP contribution in [-0.4, -0.2) is 8.97 Å². The van der Waals surface area contributed by atoms with Crippen molar-refractivity contribution in [3.63, 3.8) is 0 Å². The normalized spacial score (nSPS) is 12.4. The highest BCUT2D eigenvalue weighted by Gasteiger charge is 2.24. The molecule has 6 aromatic carbocycles. The summed E-state index contributed by atoms with van der Waals surface area (Å²) in [6.07, 6.45) is 0. The summed E-state index contributed by atoms with van der Waals surface area (Å²) >= 11 is 1.90. The number of aromatic nitrogens is 2. The van der Waals surface area contributed by atoms with Crippen LogP contribution in [0.5, 0.6) is 0 Å². The zero-order chi connectivity index (χ0) is 26.7. The summed E-state index contributed by atoms with van der Waals surface area (Å²) in [4.78, 5) is 0. The number of para-hydroxylation sites is 1. The fourth-order valence-corrected chi connectivity index (χ4v) is 8.37. The first-order valence-corrected chi connectivity index (χ1v) is 14.9. The second kappa shape index (κ2) is 7.75. The number of thiophene rings is 1. The second-order valence-electron chi connectivity index (χ2n) is 10.9. The van der Waals surface area contributed by atoms with Gasteiger partial charge in [-0.2, -0.15) is 0 Å². The molecule has 10 rings (SSSR count). The van der Waals surface area contributed by atoms with E-state index >= 15 is 0 Å². The van der Waals surface area contributed by atoms with E-state index in [-0.39, 0.29) is 0 Å². The molecule has 0 saturated heterocycles. The van der Waals surface area contributed by atoms with Crippen LogP contribution in [0.25, 0.3) is 86.1 Å². The molecule has 0 bridgehead atoms. The van der Waals surface area contributed by atoms with Gasteiger partial charge in [-0.3, -0.25) is 0 Å². The van der Waals surface area contributed by atoms with E-state index in [9.17, 15) is 0 Å². The summed E-state index contributed by atoms with van der Waals surface area (Å²) in [7, 11) is 0. The molecule has 3 heteroatoms. The fraction of sp³-hybridized carbons (Fsp3) is 0. The van der Waals surface area contributed by atoms with Crippen molar-refractivity contribution in [3.8, 4) is 16.8 Å². The van der Waals surface area contributed by atoms with E-state index in [0.717, 1.165) is 0 Å². The zero-order valence-corrected chi connectivity index (χ0v) is 22.8. The van der Waals surface area contributed by atoms with E-state index in [1.54, 1.807) is 0 Å². The van der Waals surface area contributed by atoms with Crippen LogP contribution >= 0.6 is 11.3 Å². The van der Waals surface area contributed by atoms with Crippen molar-refractivity contribution in [2.24, 2.45) is 0 Å². The highest BCUT2D eigenvalue weighted by atomic mass is 32.1. The maximum absolute atomic E-state index is 2.55. The molecule has 0 amide bonds. The van der Waals surface area contributed by atoms with Gasteiger partial charge in [-0.25, -0.2) is 0 Å². The van der Waals surface area contributed by atoms with Crippen LogP contribution < -0.4 is 0 Å². The minimum atomic E-state index is 1.18. The third kappa shape index (κ3) is 2.71. The monoisotopic (exact) mass is 538 g/mol. The molecule has 4 aromatic heterocycles. The maximum atomic E-state index is 2.55. The van der Waals surface area contributed by atoms with Crippen LogP contribution in [0.2, 0.25) is 0 Å². The molecule has 41 heavy (non-hydrogen) atoms. The van der Waals surface area contributed by atoms with Crippen LogP contribution in [0.3, 0.4) is 0 Å². The first-order chi connectivity index (χ1) is 20.4. The maximum Gasteiger partial charge on any atom is 0.0810 e. The first-order valence-electron chi connectivity index (χ1n) is 14.0. The Morgan fingerprint density at radius 1 is 0.415 bits per heavy atom.